The van der Waals surface area contributed by atoms with Crippen LogP contribution in [0.25, 0.3) is 0 Å². The van der Waals surface area contributed by atoms with Gasteiger partial charge in [0.15, 0.2) is 0 Å². The van der Waals surface area contributed by atoms with E-state index in [0.717, 1.165) is 19.3 Å². The Morgan fingerprint density at radius 1 is 0.613 bits per heavy atom. The molecule has 0 aliphatic carbocycles. The summed E-state index contributed by atoms with van der Waals surface area (Å²) < 4.78 is 181. The monoisotopic (exact) mass is 517 g/mol. The largest absolute Gasteiger partial charge is 0.460 e. The summed E-state index contributed by atoms with van der Waals surface area (Å²) in [5, 5.41) is 0. The average molecular weight is 517 g/mol. The van der Waals surface area contributed by atoms with Crippen LogP contribution in [0.4, 0.5) is 61.5 Å². The van der Waals surface area contributed by atoms with E-state index in [4.69, 9.17) is 10.6 Å². The lowest BCUT2D eigenvalue weighted by Crippen LogP contribution is -2.59. The number of alkyl halides is 14. The molecule has 190 valence electrons. The van der Waals surface area contributed by atoms with Crippen molar-refractivity contribution >= 4 is 7.37 Å². The van der Waals surface area contributed by atoms with Crippen LogP contribution in [-0.2, 0) is 4.57 Å². The van der Waals surface area contributed by atoms with E-state index in [1.54, 1.807) is 0 Å². The predicted octanol–water partition coefficient (Wildman–Crippen LogP) is 6.75. The van der Waals surface area contributed by atoms with Crippen LogP contribution in [0.5, 0.6) is 0 Å². The molecule has 0 aliphatic rings. The molecule has 31 heavy (non-hydrogen) atoms. The molecule has 3 nitrogen and oxygen atoms in total. The van der Waals surface area contributed by atoms with Crippen molar-refractivity contribution in [1.82, 2.24) is 0 Å². The number of nitrogens with two attached hydrogens (primary N) is 1. The third-order valence-electron chi connectivity index (χ3n) is 4.34. The third kappa shape index (κ3) is 5.57. The van der Waals surface area contributed by atoms with E-state index in [1.807, 2.05) is 0 Å². The topological polar surface area (TPSA) is 63.3 Å². The van der Waals surface area contributed by atoms with Crippen molar-refractivity contribution < 1.29 is 70.9 Å². The number of halogens is 14. The fraction of sp³-hybridized carbons (Fsp3) is 1.00. The van der Waals surface area contributed by atoms with E-state index in [1.165, 1.54) is 0 Å². The van der Waals surface area contributed by atoms with Gasteiger partial charge in [0.05, 0.1) is 0 Å². The van der Waals surface area contributed by atoms with Crippen molar-refractivity contribution in [2.45, 2.75) is 81.1 Å². The normalized spacial score (nSPS) is 15.5. The van der Waals surface area contributed by atoms with Crippen LogP contribution < -0.4 is 5.73 Å². The Morgan fingerprint density at radius 3 is 0.903 bits per heavy atom. The van der Waals surface area contributed by atoms with Gasteiger partial charge >= 0.3 is 42.9 Å². The Hall–Kier alpha value is -0.830. The third-order valence-corrected chi connectivity index (χ3v) is 6.43. The SMILES string of the molecule is CCC(N)(CC)CC.O=P(O)(C(F)(F)C(F)(F)C(F)(F)F)C(F)(F)C(F)(F)C(F)(F)F. The molecule has 0 heterocycles. The van der Waals surface area contributed by atoms with E-state index in [0.29, 0.717) is 0 Å². The first-order valence-electron chi connectivity index (χ1n) is 7.95. The zero-order chi connectivity index (χ0) is 26.1. The quantitative estimate of drug-likeness (QED) is 0.290. The highest BCUT2D eigenvalue weighted by molar-refractivity contribution is 7.60. The molecule has 0 atom stereocenters. The second kappa shape index (κ2) is 9.20. The number of hydrogen-bond acceptors (Lipinski definition) is 2. The predicted molar refractivity (Wildman–Crippen MR) is 79.5 cm³/mol. The summed E-state index contributed by atoms with van der Waals surface area (Å²) in [5.74, 6) is -15.6. The van der Waals surface area contributed by atoms with E-state index in [2.05, 4.69) is 20.8 Å². The molecular weight excluding hydrogens is 499 g/mol. The first-order chi connectivity index (χ1) is 13.2. The summed E-state index contributed by atoms with van der Waals surface area (Å²) in [6, 6.07) is 0. The smallest absolute Gasteiger partial charge is 0.336 e. The van der Waals surface area contributed by atoms with E-state index in [-0.39, 0.29) is 5.54 Å². The van der Waals surface area contributed by atoms with Gasteiger partial charge in [0.1, 0.15) is 0 Å². The molecule has 0 bridgehead atoms. The van der Waals surface area contributed by atoms with Gasteiger partial charge in [0.2, 0.25) is 0 Å². The van der Waals surface area contributed by atoms with Crippen LogP contribution in [0.3, 0.4) is 0 Å². The Morgan fingerprint density at radius 2 is 0.806 bits per heavy atom. The van der Waals surface area contributed by atoms with Crippen molar-refractivity contribution in [3.8, 4) is 0 Å². The van der Waals surface area contributed by atoms with Crippen molar-refractivity contribution in [2.75, 3.05) is 0 Å². The van der Waals surface area contributed by atoms with Gasteiger partial charge in [-0.2, -0.15) is 61.5 Å². The van der Waals surface area contributed by atoms with E-state index < -0.39 is 42.9 Å². The Labute approximate surface area is 166 Å². The molecule has 0 amide bonds. The van der Waals surface area contributed by atoms with Gasteiger partial charge in [-0.05, 0) is 19.3 Å². The minimum Gasteiger partial charge on any atom is -0.336 e. The lowest BCUT2D eigenvalue weighted by molar-refractivity contribution is -0.348. The van der Waals surface area contributed by atoms with Crippen molar-refractivity contribution in [2.24, 2.45) is 5.73 Å². The van der Waals surface area contributed by atoms with Gasteiger partial charge in [-0.15, -0.1) is 0 Å². The van der Waals surface area contributed by atoms with E-state index >= 15 is 0 Å². The summed E-state index contributed by atoms with van der Waals surface area (Å²) in [6.45, 7) is 6.44. The molecule has 0 aromatic heterocycles. The fourth-order valence-corrected chi connectivity index (χ4v) is 3.02. The van der Waals surface area contributed by atoms with Gasteiger partial charge in [0.25, 0.3) is 0 Å². The maximum atomic E-state index is 12.7. The van der Waals surface area contributed by atoms with Crippen molar-refractivity contribution in [1.29, 1.82) is 0 Å². The highest BCUT2D eigenvalue weighted by atomic mass is 31.2. The minimum absolute atomic E-state index is 0.125. The number of hydrogen-bond donors (Lipinski definition) is 2. The van der Waals surface area contributed by atoms with E-state index in [9.17, 15) is 66.0 Å². The molecular formula is C13H18F14NO2P. The molecule has 0 spiro atoms. The lowest BCUT2D eigenvalue weighted by Gasteiger charge is -2.37. The highest BCUT2D eigenvalue weighted by Crippen LogP contribution is 2.77. The highest BCUT2D eigenvalue weighted by Gasteiger charge is 2.90. The van der Waals surface area contributed by atoms with Gasteiger partial charge in [-0.1, -0.05) is 20.8 Å². The first kappa shape index (κ1) is 32.4. The zero-order valence-corrected chi connectivity index (χ0v) is 16.7. The second-order valence-corrected chi connectivity index (χ2v) is 8.50. The summed E-state index contributed by atoms with van der Waals surface area (Å²) in [4.78, 5) is 8.06. The molecule has 0 aromatic carbocycles. The standard InChI is InChI=1S/C7H17N.C6HF14O2P/c1-4-7(8,5-2)6-3;7-1(8,3(11,12)13)5(17,18)23(21,22)6(19,20)2(9,10)4(14,15)16/h4-6,8H2,1-3H3;(H,21,22). The molecule has 0 rings (SSSR count). The molecule has 0 radical (unpaired) electrons. The van der Waals surface area contributed by atoms with Crippen molar-refractivity contribution in [3.63, 3.8) is 0 Å². The maximum Gasteiger partial charge on any atom is 0.460 e. The van der Waals surface area contributed by atoms with Crippen LogP contribution in [0.1, 0.15) is 40.0 Å². The van der Waals surface area contributed by atoms with Crippen LogP contribution in [0.15, 0.2) is 0 Å². The molecule has 0 saturated heterocycles. The minimum atomic E-state index is -9.14. The molecule has 0 fully saturated rings. The molecule has 0 saturated carbocycles. The second-order valence-electron chi connectivity index (χ2n) is 6.23. The molecule has 0 aliphatic heterocycles. The maximum absolute atomic E-state index is 12.7. The van der Waals surface area contributed by atoms with Crippen LogP contribution in [0, 0.1) is 0 Å². The summed E-state index contributed by atoms with van der Waals surface area (Å²) >= 11 is 0. The van der Waals surface area contributed by atoms with Gasteiger partial charge in [-0.3, -0.25) is 4.57 Å². The molecule has 0 unspecified atom stereocenters. The summed E-state index contributed by atoms with van der Waals surface area (Å²) in [6.07, 6.45) is -11.7. The number of rotatable bonds is 7. The molecule has 3 N–H and O–H groups in total. The van der Waals surface area contributed by atoms with Crippen molar-refractivity contribution in [3.05, 3.63) is 0 Å². The molecule has 0 aromatic rings. The lowest BCUT2D eigenvalue weighted by atomic mass is 9.92. The van der Waals surface area contributed by atoms with Gasteiger partial charge in [-0.25, -0.2) is 0 Å². The molecule has 18 heteroatoms. The Balaban J connectivity index is 0. The summed E-state index contributed by atoms with van der Waals surface area (Å²) in [5.41, 5.74) is -9.76. The van der Waals surface area contributed by atoms with Crippen LogP contribution >= 0.6 is 7.37 Å². The fourth-order valence-electron chi connectivity index (χ4n) is 1.65. The summed E-state index contributed by atoms with van der Waals surface area (Å²) in [7, 11) is -9.14. The zero-order valence-electron chi connectivity index (χ0n) is 15.8. The Bertz CT molecular complexity index is 589. The van der Waals surface area contributed by atoms with Crippen LogP contribution in [0.2, 0.25) is 0 Å². The Kier molecular flexibility index (Phi) is 9.60. The van der Waals surface area contributed by atoms with Gasteiger partial charge in [0, 0.05) is 5.54 Å². The average Bonchev–Trinajstić information content (AvgIpc) is 2.58. The first-order valence-corrected chi connectivity index (χ1v) is 9.61. The van der Waals surface area contributed by atoms with Gasteiger partial charge < -0.3 is 10.6 Å². The van der Waals surface area contributed by atoms with Crippen LogP contribution in [-0.4, -0.2) is 46.0 Å².